The van der Waals surface area contributed by atoms with Gasteiger partial charge >= 0.3 is 6.18 Å². The van der Waals surface area contributed by atoms with Gasteiger partial charge in [0.15, 0.2) is 0 Å². The normalized spacial score (nSPS) is 12.0. The van der Waals surface area contributed by atoms with Gasteiger partial charge in [0, 0.05) is 27.1 Å². The van der Waals surface area contributed by atoms with Gasteiger partial charge in [-0.25, -0.2) is 0 Å². The van der Waals surface area contributed by atoms with E-state index in [1.165, 1.54) is 12.1 Å². The molecule has 0 bridgehead atoms. The van der Waals surface area contributed by atoms with Gasteiger partial charge in [0.25, 0.3) is 0 Å². The number of benzene rings is 2. The Morgan fingerprint density at radius 3 is 2.38 bits per heavy atom. The third-order valence-electron chi connectivity index (χ3n) is 4.05. The quantitative estimate of drug-likeness (QED) is 0.628. The number of hydrogen-bond acceptors (Lipinski definition) is 2. The van der Waals surface area contributed by atoms with Crippen molar-refractivity contribution >= 4 is 21.4 Å². The minimum Gasteiger partial charge on any atom is -0.396 e. The molecule has 1 aromatic heterocycles. The lowest BCUT2D eigenvalue weighted by molar-refractivity contribution is -0.137. The Bertz CT molecular complexity index is 847. The number of halogens is 3. The van der Waals surface area contributed by atoms with Gasteiger partial charge in [-0.1, -0.05) is 24.3 Å². The molecule has 0 aliphatic carbocycles. The van der Waals surface area contributed by atoms with E-state index in [-0.39, 0.29) is 6.61 Å². The van der Waals surface area contributed by atoms with Gasteiger partial charge in [0.05, 0.1) is 5.56 Å². The second kappa shape index (κ2) is 6.57. The number of alkyl halides is 3. The molecular weight excluding hydrogens is 333 g/mol. The highest BCUT2D eigenvalue weighted by Crippen LogP contribution is 2.40. The van der Waals surface area contributed by atoms with E-state index in [1.54, 1.807) is 11.3 Å². The first-order chi connectivity index (χ1) is 11.4. The lowest BCUT2D eigenvalue weighted by Crippen LogP contribution is -2.03. The smallest absolute Gasteiger partial charge is 0.396 e. The predicted molar refractivity (Wildman–Crippen MR) is 92.4 cm³/mol. The topological polar surface area (TPSA) is 20.2 Å². The zero-order valence-corrected chi connectivity index (χ0v) is 14.0. The largest absolute Gasteiger partial charge is 0.416 e. The van der Waals surface area contributed by atoms with Crippen molar-refractivity contribution in [1.29, 1.82) is 0 Å². The molecule has 0 unspecified atom stereocenters. The van der Waals surface area contributed by atoms with Crippen LogP contribution in [0.2, 0.25) is 0 Å². The highest BCUT2D eigenvalue weighted by Gasteiger charge is 2.30. The summed E-state index contributed by atoms with van der Waals surface area (Å²) in [6.45, 7) is 2.16. The third kappa shape index (κ3) is 3.32. The summed E-state index contributed by atoms with van der Waals surface area (Å²) < 4.78 is 39.3. The second-order valence-electron chi connectivity index (χ2n) is 5.77. The molecule has 1 N–H and O–H groups in total. The number of fused-ring (bicyclic) bond motifs is 1. The molecule has 0 aliphatic rings. The molecule has 24 heavy (non-hydrogen) atoms. The summed E-state index contributed by atoms with van der Waals surface area (Å²) in [7, 11) is 0. The third-order valence-corrected chi connectivity index (χ3v) is 5.12. The molecule has 0 fully saturated rings. The Labute approximate surface area is 142 Å². The van der Waals surface area contributed by atoms with Crippen LogP contribution >= 0.6 is 11.3 Å². The van der Waals surface area contributed by atoms with Gasteiger partial charge in [0.2, 0.25) is 0 Å². The standard InChI is InChI=1S/C19H17F3OS/c1-12-18(14-5-7-15(8-6-14)19(20,21)22)16-9-4-13(3-2-10-23)11-17(16)24-12/h4-9,11,23H,2-3,10H2,1H3. The molecule has 126 valence electrons. The van der Waals surface area contributed by atoms with Gasteiger partial charge in [-0.3, -0.25) is 0 Å². The van der Waals surface area contributed by atoms with E-state index in [9.17, 15) is 13.2 Å². The first-order valence-corrected chi connectivity index (χ1v) is 8.52. The number of aliphatic hydroxyl groups excluding tert-OH is 1. The van der Waals surface area contributed by atoms with E-state index in [0.29, 0.717) is 0 Å². The van der Waals surface area contributed by atoms with E-state index in [1.807, 2.05) is 19.1 Å². The fraction of sp³-hybridized carbons (Fsp3) is 0.263. The molecule has 0 spiro atoms. The van der Waals surface area contributed by atoms with Crippen molar-refractivity contribution in [3.8, 4) is 11.1 Å². The number of aryl methyl sites for hydroxylation is 2. The van der Waals surface area contributed by atoms with Crippen LogP contribution in [0, 0.1) is 6.92 Å². The molecule has 0 atom stereocenters. The fourth-order valence-electron chi connectivity index (χ4n) is 2.89. The maximum Gasteiger partial charge on any atom is 0.416 e. The highest BCUT2D eigenvalue weighted by atomic mass is 32.1. The monoisotopic (exact) mass is 350 g/mol. The predicted octanol–water partition coefficient (Wildman–Crippen LogP) is 5.82. The Balaban J connectivity index is 2.01. The second-order valence-corrected chi connectivity index (χ2v) is 7.02. The van der Waals surface area contributed by atoms with Crippen LogP contribution in [0.4, 0.5) is 13.2 Å². The average Bonchev–Trinajstić information content (AvgIpc) is 2.87. The Morgan fingerprint density at radius 2 is 1.75 bits per heavy atom. The van der Waals surface area contributed by atoms with Crippen molar-refractivity contribution in [2.75, 3.05) is 6.61 Å². The van der Waals surface area contributed by atoms with E-state index in [0.717, 1.165) is 56.6 Å². The van der Waals surface area contributed by atoms with Gasteiger partial charge in [-0.05, 0) is 49.1 Å². The number of aliphatic hydroxyl groups is 1. The van der Waals surface area contributed by atoms with E-state index in [2.05, 4.69) is 6.07 Å². The Kier molecular flexibility index (Phi) is 4.65. The molecule has 1 heterocycles. The highest BCUT2D eigenvalue weighted by molar-refractivity contribution is 7.19. The Hall–Kier alpha value is -1.85. The maximum absolute atomic E-state index is 12.7. The zero-order chi connectivity index (χ0) is 17.3. The first kappa shape index (κ1) is 17.0. The molecule has 0 aliphatic heterocycles. The number of thiophene rings is 1. The Morgan fingerprint density at radius 1 is 1.04 bits per heavy atom. The number of rotatable bonds is 4. The van der Waals surface area contributed by atoms with Crippen LogP contribution in [0.15, 0.2) is 42.5 Å². The van der Waals surface area contributed by atoms with Crippen LogP contribution in [0.25, 0.3) is 21.2 Å². The molecule has 1 nitrogen and oxygen atoms in total. The molecule has 0 amide bonds. The summed E-state index contributed by atoms with van der Waals surface area (Å²) in [5, 5.41) is 10.0. The average molecular weight is 350 g/mol. The van der Waals surface area contributed by atoms with Crippen molar-refractivity contribution in [3.05, 3.63) is 58.5 Å². The fourth-order valence-corrected chi connectivity index (χ4v) is 4.04. The maximum atomic E-state index is 12.7. The van der Waals surface area contributed by atoms with E-state index < -0.39 is 11.7 Å². The SMILES string of the molecule is Cc1sc2cc(CCCO)ccc2c1-c1ccc(C(F)(F)F)cc1. The summed E-state index contributed by atoms with van der Waals surface area (Å²) in [5.41, 5.74) is 2.33. The van der Waals surface area contributed by atoms with Gasteiger partial charge in [-0.2, -0.15) is 13.2 Å². The van der Waals surface area contributed by atoms with Crippen molar-refractivity contribution in [2.24, 2.45) is 0 Å². The zero-order valence-electron chi connectivity index (χ0n) is 13.2. The summed E-state index contributed by atoms with van der Waals surface area (Å²) in [6, 6.07) is 11.5. The lowest BCUT2D eigenvalue weighted by Gasteiger charge is -2.08. The van der Waals surface area contributed by atoms with Crippen LogP contribution in [0.5, 0.6) is 0 Å². The van der Waals surface area contributed by atoms with Crippen LogP contribution in [-0.2, 0) is 12.6 Å². The van der Waals surface area contributed by atoms with Crippen LogP contribution in [0.3, 0.4) is 0 Å². The molecule has 5 heteroatoms. The molecule has 3 rings (SSSR count). The van der Waals surface area contributed by atoms with Crippen molar-refractivity contribution in [1.82, 2.24) is 0 Å². The summed E-state index contributed by atoms with van der Waals surface area (Å²) in [6.07, 6.45) is -2.77. The summed E-state index contributed by atoms with van der Waals surface area (Å²) in [4.78, 5) is 1.09. The molecule has 2 aromatic carbocycles. The van der Waals surface area contributed by atoms with Gasteiger partial charge in [0.1, 0.15) is 0 Å². The molecular formula is C19H17F3OS. The molecule has 0 saturated carbocycles. The van der Waals surface area contributed by atoms with Crippen LogP contribution in [0.1, 0.15) is 22.4 Å². The van der Waals surface area contributed by atoms with Crippen molar-refractivity contribution < 1.29 is 18.3 Å². The first-order valence-electron chi connectivity index (χ1n) is 7.70. The molecule has 3 aromatic rings. The van der Waals surface area contributed by atoms with E-state index in [4.69, 9.17) is 5.11 Å². The van der Waals surface area contributed by atoms with Crippen LogP contribution in [-0.4, -0.2) is 11.7 Å². The van der Waals surface area contributed by atoms with Gasteiger partial charge < -0.3 is 5.11 Å². The van der Waals surface area contributed by atoms with Crippen molar-refractivity contribution in [2.45, 2.75) is 25.9 Å². The summed E-state index contributed by atoms with van der Waals surface area (Å²) >= 11 is 1.65. The molecule has 0 saturated heterocycles. The minimum atomic E-state index is -4.31. The van der Waals surface area contributed by atoms with Crippen molar-refractivity contribution in [3.63, 3.8) is 0 Å². The minimum absolute atomic E-state index is 0.165. The number of hydrogen-bond donors (Lipinski definition) is 1. The molecule has 0 radical (unpaired) electrons. The van der Waals surface area contributed by atoms with Crippen LogP contribution < -0.4 is 0 Å². The summed E-state index contributed by atoms with van der Waals surface area (Å²) in [5.74, 6) is 0. The van der Waals surface area contributed by atoms with Gasteiger partial charge in [-0.15, -0.1) is 11.3 Å². The lowest BCUT2D eigenvalue weighted by atomic mass is 9.99. The van der Waals surface area contributed by atoms with E-state index >= 15 is 0 Å².